The number of ketones is 4. The number of aromatic hydroxyl groups is 4. The molecule has 0 saturated carbocycles. The fraction of sp³-hybridized carbons (Fsp3) is 0.267. The topological polar surface area (TPSA) is 423 Å². The molecular weight excluding hydrogens is 1210 g/mol. The number of rotatable bonds is 20. The normalized spacial score (nSPS) is 16.9. The Kier molecular flexibility index (Phi) is 16.6. The molecule has 10 N–H and O–H groups in total. The molecule has 0 bridgehead atoms. The van der Waals surface area contributed by atoms with Crippen molar-refractivity contribution in [2.45, 2.75) is 0 Å². The zero-order chi connectivity index (χ0) is 85.5. The average molecular weight is 1300 g/mol. The van der Waals surface area contributed by atoms with Gasteiger partial charge in [0.2, 0.25) is 23.1 Å². The smallest absolute Gasteiger partial charge is 0.661 e. The van der Waals surface area contributed by atoms with Gasteiger partial charge in [0.1, 0.15) is 23.0 Å². The van der Waals surface area contributed by atoms with Gasteiger partial charge in [-0.05, 0) is 101 Å². The predicted molar refractivity (Wildman–Crippen MR) is 329 cm³/mol. The van der Waals surface area contributed by atoms with E-state index in [0.29, 0.717) is 9.80 Å². The molecule has 6 aromatic rings. The molecule has 28 nitrogen and oxygen atoms in total. The van der Waals surface area contributed by atoms with Crippen molar-refractivity contribution in [3.05, 3.63) is 174 Å². The van der Waals surface area contributed by atoms with Crippen LogP contribution in [0.25, 0.3) is 0 Å². The molecule has 0 unspecified atom stereocenters. The number of phenols is 4. The fourth-order valence-electron chi connectivity index (χ4n) is 8.40. The molecule has 90 heavy (non-hydrogen) atoms. The molecule has 476 valence electrons. The first-order valence-corrected chi connectivity index (χ1v) is 24.8. The molecule has 0 aliphatic heterocycles. The number of hydrogen-bond acceptors (Lipinski definition) is 24. The van der Waals surface area contributed by atoms with Crippen molar-refractivity contribution >= 4 is 105 Å². The van der Waals surface area contributed by atoms with Crippen molar-refractivity contribution in [1.82, 2.24) is 9.80 Å². The molecule has 0 amide bonds. The van der Waals surface area contributed by atoms with Gasteiger partial charge < -0.3 is 102 Å². The number of halogens is 1. The van der Waals surface area contributed by atoms with Gasteiger partial charge in [0, 0.05) is 65.4 Å². The number of anilines is 4. The number of likely N-dealkylation sites (N-methyl/N-ethyl adjacent to an activating group) is 4. The third kappa shape index (κ3) is 19.0. The van der Waals surface area contributed by atoms with Crippen LogP contribution in [0.5, 0.6) is 23.0 Å². The largest absolute Gasteiger partial charge is 2.00 e. The number of hydroxylamine groups is 6. The first-order chi connectivity index (χ1) is 51.2. The minimum Gasteiger partial charge on any atom is -0.661 e. The minimum atomic E-state index is -3.51. The Labute approximate surface area is 572 Å². The van der Waals surface area contributed by atoms with E-state index < -0.39 is 208 Å². The van der Waals surface area contributed by atoms with Gasteiger partial charge >= 0.3 is 46.9 Å². The molecule has 2 aliphatic rings. The quantitative estimate of drug-likeness (QED) is 0.0172. The maximum absolute atomic E-state index is 13.6. The Bertz CT molecular complexity index is 4250. The number of fused-ring (bicyclic) bond motifs is 4. The van der Waals surface area contributed by atoms with Crippen LogP contribution in [0.15, 0.2) is 97.1 Å². The van der Waals surface area contributed by atoms with Gasteiger partial charge in [0.05, 0.1) is 137 Å². The number of nitrogens with one attached hydrogen (secondary N) is 4. The molecule has 30 heteroatoms. The summed E-state index contributed by atoms with van der Waals surface area (Å²) < 4.78 is 174. The number of hydrogen-bond donors (Lipinski definition) is 10. The van der Waals surface area contributed by atoms with Gasteiger partial charge in [-0.3, -0.25) is 19.2 Å². The zero-order valence-electron chi connectivity index (χ0n) is 70.2. The van der Waals surface area contributed by atoms with Crippen LogP contribution in [0, 0.1) is 10.4 Å². The zero-order valence-corrected chi connectivity index (χ0v) is 48.4. The standard InChI is InChI=1S/C22H28N4O6.C22H28N4O4.2C8H6O5.ClH.Mg/c1-25(2,31)11-9-23-13-5-6-14(24-10-12-26(3,4)32)18-17(13)21(29)19-15(27)7-8-16(28)20(19)22(18)30;1-25(2)11-9-23-13-5-6-14(24-10-12-26(3)4)18-17(13)21(29)19-15(27)7-8-16(28)20(19)22(18)30;2*9-7(10)5-3-1-2-4-6(5)8(11)13-12;;/h5-8,23-24,27-28H,9-12H2,1-4H3;5-8,23-24,27-28H,9-12H2,1-4H3;2*1-4,12H,(H,9,10);1H;/q;;;;;+2/p-2/i2*1D3,2D3,3D3,4D3;;;;. The van der Waals surface area contributed by atoms with Crippen LogP contribution in [0.4, 0.5) is 22.7 Å². The second kappa shape index (κ2) is 33.0. The van der Waals surface area contributed by atoms with Crippen molar-refractivity contribution < 1.29 is 131 Å². The van der Waals surface area contributed by atoms with Crippen molar-refractivity contribution in [3.8, 4) is 23.0 Å². The summed E-state index contributed by atoms with van der Waals surface area (Å²) in [6, 6.07) is 19.5. The van der Waals surface area contributed by atoms with Crippen LogP contribution in [-0.4, -0.2) is 228 Å². The van der Waals surface area contributed by atoms with E-state index in [1.54, 1.807) is 0 Å². The van der Waals surface area contributed by atoms with Crippen LogP contribution in [0.1, 0.15) is 138 Å². The second-order valence-corrected chi connectivity index (χ2v) is 18.2. The van der Waals surface area contributed by atoms with E-state index in [1.165, 1.54) is 60.7 Å². The summed E-state index contributed by atoms with van der Waals surface area (Å²) in [5.41, 5.74) is -5.14. The van der Waals surface area contributed by atoms with Gasteiger partial charge in [-0.25, -0.2) is 19.2 Å². The van der Waals surface area contributed by atoms with Gasteiger partial charge in [-0.15, -0.1) is 12.4 Å². The van der Waals surface area contributed by atoms with Crippen molar-refractivity contribution in [3.63, 3.8) is 0 Å². The van der Waals surface area contributed by atoms with Crippen molar-refractivity contribution in [2.24, 2.45) is 0 Å². The Balaban J connectivity index is 0.000000442. The van der Waals surface area contributed by atoms with Gasteiger partial charge in [-0.1, -0.05) is 24.3 Å². The second-order valence-electron chi connectivity index (χ2n) is 18.2. The van der Waals surface area contributed by atoms with E-state index in [-0.39, 0.29) is 105 Å². The summed E-state index contributed by atoms with van der Waals surface area (Å²) in [5, 5.41) is 115. The predicted octanol–water partition coefficient (Wildman–Crippen LogP) is 3.34. The van der Waals surface area contributed by atoms with E-state index in [4.69, 9.17) is 43.1 Å². The number of carboxylic acid groups (broad SMARTS) is 2. The number of carbonyl (C=O) groups is 8. The fourth-order valence-corrected chi connectivity index (χ4v) is 8.40. The molecule has 0 saturated heterocycles. The third-order valence-corrected chi connectivity index (χ3v) is 12.2. The van der Waals surface area contributed by atoms with E-state index in [0.717, 1.165) is 36.4 Å². The summed E-state index contributed by atoms with van der Waals surface area (Å²) in [4.78, 5) is 104. The van der Waals surface area contributed by atoms with Crippen LogP contribution in [-0.2, 0) is 9.78 Å². The van der Waals surface area contributed by atoms with Gasteiger partial charge in [0.15, 0.2) is 0 Å². The molecule has 0 spiro atoms. The maximum atomic E-state index is 13.6. The van der Waals surface area contributed by atoms with Gasteiger partial charge in [0.25, 0.3) is 0 Å². The molecule has 8 rings (SSSR count). The van der Waals surface area contributed by atoms with Crippen LogP contribution in [0.2, 0.25) is 0 Å². The summed E-state index contributed by atoms with van der Waals surface area (Å²) >= 11 is 0. The third-order valence-electron chi connectivity index (χ3n) is 12.2. The van der Waals surface area contributed by atoms with Gasteiger partial charge in [-0.2, -0.15) is 0 Å². The number of phenolic OH excluding ortho intramolecular Hbond substituents is 4. The summed E-state index contributed by atoms with van der Waals surface area (Å²) in [5.74, 6) is -11.4. The molecule has 2 aliphatic carbocycles. The van der Waals surface area contributed by atoms with E-state index in [1.807, 2.05) is 0 Å². The summed E-state index contributed by atoms with van der Waals surface area (Å²) in [6.07, 6.45) is 0. The molecule has 0 radical (unpaired) electrons. The number of nitrogens with zero attached hydrogens (tertiary/aromatic N) is 4. The molecule has 0 heterocycles. The number of quaternary nitrogens is 2. The number of benzene rings is 6. The number of aromatic carboxylic acids is 2. The Morgan fingerprint density at radius 1 is 0.444 bits per heavy atom. The molecule has 0 atom stereocenters. The van der Waals surface area contributed by atoms with E-state index in [2.05, 4.69) is 31.0 Å². The molecule has 0 aromatic heterocycles. The first kappa shape index (κ1) is 45.3. The monoisotopic (exact) mass is 1300 g/mol. The van der Waals surface area contributed by atoms with Crippen molar-refractivity contribution in [1.29, 1.82) is 0 Å². The summed E-state index contributed by atoms with van der Waals surface area (Å²) in [6.45, 7) is -30.9. The molecule has 0 fully saturated rings. The SMILES string of the molecule is Cl.O=C(O)c1ccccc1C(=O)O[O-].O=C(O)c1ccccc1C(=O)O[O-].[2H]C([2H])([2H])N(CCNc1ccc(NCCN(C([2H])([2H])[2H])C([2H])([2H])[2H])c2c1C(=O)c1c(O)ccc(O)c1C2=O)C([2H])([2H])[2H].[2H]C([2H])([2H])[N+]([O-])(CCNc1ccc(NCC[N+]([O-])(C([2H])([2H])[2H])C([2H])([2H])[2H])c2c1C(=O)c1c(O)ccc(O)c1C2=O)C([2H])([2H])[2H].[Mg+2]. The minimum absolute atomic E-state index is 0. The average Bonchev–Trinajstić information content (AvgIpc) is 0.732. The van der Waals surface area contributed by atoms with Crippen LogP contribution >= 0.6 is 12.4 Å². The number of carbonyl (C=O) groups excluding carboxylic acids is 6. The maximum Gasteiger partial charge on any atom is 2.00 e. The first-order valence-electron chi connectivity index (χ1n) is 36.8. The van der Waals surface area contributed by atoms with Crippen molar-refractivity contribution in [2.75, 3.05) is 129 Å². The van der Waals surface area contributed by atoms with Crippen LogP contribution < -0.4 is 31.8 Å². The Hall–Kier alpha value is -8.98. The molecular formula is C60H67ClMgN8O20. The van der Waals surface area contributed by atoms with E-state index >= 15 is 0 Å². The Morgan fingerprint density at radius 3 is 0.933 bits per heavy atom. The Morgan fingerprint density at radius 2 is 0.700 bits per heavy atom. The van der Waals surface area contributed by atoms with Crippen LogP contribution in [0.3, 0.4) is 0 Å². The number of carboxylic acids is 2. The van der Waals surface area contributed by atoms with E-state index in [9.17, 15) is 79.7 Å². The molecule has 6 aromatic carbocycles. The summed E-state index contributed by atoms with van der Waals surface area (Å²) in [7, 11) is 0.